The Morgan fingerprint density at radius 3 is 2.00 bits per heavy atom. The Balaban J connectivity index is 1.17. The van der Waals surface area contributed by atoms with Gasteiger partial charge < -0.3 is 40.1 Å². The summed E-state index contributed by atoms with van der Waals surface area (Å²) in [7, 11) is 0. The number of cyclic esters (lactones) is 1. The molecular weight excluding hydrogens is 681 g/mol. The fraction of sp³-hybridized carbons (Fsp3) is 0.262. The molecule has 0 aliphatic carbocycles. The van der Waals surface area contributed by atoms with Gasteiger partial charge >= 0.3 is 6.09 Å². The Morgan fingerprint density at radius 1 is 0.717 bits per heavy atom. The molecule has 10 nitrogen and oxygen atoms in total. The largest absolute Gasteiger partial charge is 0.508 e. The van der Waals surface area contributed by atoms with Gasteiger partial charge in [-0.1, -0.05) is 91.0 Å². The van der Waals surface area contributed by atoms with Crippen molar-refractivity contribution in [2.24, 2.45) is 0 Å². The number of carbonyl (C=O) groups excluding carboxylic acids is 1. The molecule has 0 radical (unpaired) electrons. The molecule has 0 saturated carbocycles. The molecule has 7 rings (SSSR count). The van der Waals surface area contributed by atoms with E-state index in [9.17, 15) is 39.8 Å². The van der Waals surface area contributed by atoms with Crippen LogP contribution in [0.1, 0.15) is 47.8 Å². The number of aliphatic hydroxyl groups excluding tert-OH is 5. The van der Waals surface area contributed by atoms with Crippen molar-refractivity contribution in [1.82, 2.24) is 0 Å². The summed E-state index contributed by atoms with van der Waals surface area (Å²) in [5.74, 6) is -0.498. The van der Waals surface area contributed by atoms with Crippen LogP contribution in [0, 0.1) is 5.82 Å². The van der Waals surface area contributed by atoms with Gasteiger partial charge in [0.2, 0.25) is 0 Å². The van der Waals surface area contributed by atoms with E-state index in [-0.39, 0.29) is 18.6 Å². The summed E-state index contributed by atoms with van der Waals surface area (Å²) in [6.07, 6.45) is -8.23. The summed E-state index contributed by atoms with van der Waals surface area (Å²) in [5.41, 5.74) is 5.40. The lowest BCUT2D eigenvalue weighted by Crippen LogP contribution is -2.55. The van der Waals surface area contributed by atoms with Gasteiger partial charge in [-0.05, 0) is 76.6 Å². The average Bonchev–Trinajstić information content (AvgIpc) is 3.52. The van der Waals surface area contributed by atoms with Crippen LogP contribution in [0.3, 0.4) is 0 Å². The van der Waals surface area contributed by atoms with Crippen LogP contribution in [0.25, 0.3) is 22.3 Å². The lowest BCUT2D eigenvalue weighted by molar-refractivity contribution is -0.231. The van der Waals surface area contributed by atoms with E-state index in [1.54, 1.807) is 36.4 Å². The quantitative estimate of drug-likeness (QED) is 0.102. The number of phenols is 1. The van der Waals surface area contributed by atoms with Crippen molar-refractivity contribution in [3.63, 3.8) is 0 Å². The summed E-state index contributed by atoms with van der Waals surface area (Å²) >= 11 is 0. The number of aliphatic hydroxyl groups is 5. The van der Waals surface area contributed by atoms with Gasteiger partial charge in [-0.3, -0.25) is 4.90 Å². The molecule has 1 amide bonds. The van der Waals surface area contributed by atoms with E-state index < -0.39 is 67.3 Å². The first-order valence-corrected chi connectivity index (χ1v) is 17.5. The smallest absolute Gasteiger partial charge is 0.415 e. The van der Waals surface area contributed by atoms with Crippen molar-refractivity contribution in [2.75, 3.05) is 11.5 Å². The molecule has 2 saturated heterocycles. The zero-order chi connectivity index (χ0) is 37.2. The van der Waals surface area contributed by atoms with Gasteiger partial charge in [0.25, 0.3) is 0 Å². The molecular formula is C42H40FNO9. The number of ether oxygens (including phenoxy) is 2. The third-order valence-electron chi connectivity index (χ3n) is 10.1. The number of aromatic hydroxyl groups is 1. The van der Waals surface area contributed by atoms with Gasteiger partial charge in [-0.25, -0.2) is 9.18 Å². The van der Waals surface area contributed by atoms with Crippen molar-refractivity contribution in [1.29, 1.82) is 0 Å². The number of amides is 1. The molecule has 5 aromatic rings. The van der Waals surface area contributed by atoms with Crippen LogP contribution in [-0.4, -0.2) is 73.9 Å². The van der Waals surface area contributed by atoms with E-state index in [1.807, 2.05) is 60.7 Å². The molecule has 0 bridgehead atoms. The molecule has 2 fully saturated rings. The standard InChI is InChI=1S/C42H40FNO9/c43-30-15-10-27(11-16-30)33(46)20-21-35-37(44(42(51)53-35)31-17-12-25(13-18-31)24-4-2-1-3-5-24)32-19-14-29(22-34(32)47)26-6-8-28(9-7-26)41-40(50)39(49)38(48)36(23-45)52-41/h1-19,22,33,35-41,45-50H,20-21,23H2/t33-,35+,36+,37+,38+,39-,40+,41?/m0/s1. The maximum absolute atomic E-state index is 13.6. The van der Waals surface area contributed by atoms with Crippen LogP contribution in [0.4, 0.5) is 14.9 Å². The number of rotatable bonds is 10. The highest BCUT2D eigenvalue weighted by atomic mass is 19.1. The summed E-state index contributed by atoms with van der Waals surface area (Å²) in [6.45, 7) is -0.533. The second kappa shape index (κ2) is 15.5. The number of anilines is 1. The van der Waals surface area contributed by atoms with Gasteiger partial charge in [0.15, 0.2) is 0 Å². The minimum Gasteiger partial charge on any atom is -0.508 e. The zero-order valence-corrected chi connectivity index (χ0v) is 28.5. The van der Waals surface area contributed by atoms with E-state index in [1.165, 1.54) is 29.2 Å². The summed E-state index contributed by atoms with van der Waals surface area (Å²) in [4.78, 5) is 15.1. The first-order chi connectivity index (χ1) is 25.6. The maximum atomic E-state index is 13.6. The van der Waals surface area contributed by atoms with Gasteiger partial charge in [0.1, 0.15) is 54.2 Å². The molecule has 8 atom stereocenters. The summed E-state index contributed by atoms with van der Waals surface area (Å²) in [6, 6.07) is 34.2. The van der Waals surface area contributed by atoms with E-state index in [0.29, 0.717) is 33.5 Å². The van der Waals surface area contributed by atoms with Crippen molar-refractivity contribution in [2.45, 2.75) is 61.6 Å². The highest BCUT2D eigenvalue weighted by Crippen LogP contribution is 2.44. The minimum atomic E-state index is -1.50. The highest BCUT2D eigenvalue weighted by Gasteiger charge is 2.45. The zero-order valence-electron chi connectivity index (χ0n) is 28.5. The van der Waals surface area contributed by atoms with Gasteiger partial charge in [-0.15, -0.1) is 0 Å². The fourth-order valence-corrected chi connectivity index (χ4v) is 7.19. The van der Waals surface area contributed by atoms with Crippen LogP contribution in [0.2, 0.25) is 0 Å². The average molecular weight is 722 g/mol. The SMILES string of the molecule is O=C1O[C@H](CC[C@H](O)c2ccc(F)cc2)[C@@H](c2ccc(-c3ccc(C4O[C@H](CO)[C@@H](O)[C@H](O)[C@H]4O)cc3)cc2O)N1c1ccc(-c2ccccc2)cc1. The number of carbonyl (C=O) groups is 1. The van der Waals surface area contributed by atoms with E-state index in [0.717, 1.165) is 11.1 Å². The van der Waals surface area contributed by atoms with E-state index in [2.05, 4.69) is 0 Å². The topological polar surface area (TPSA) is 160 Å². The van der Waals surface area contributed by atoms with E-state index in [4.69, 9.17) is 9.47 Å². The van der Waals surface area contributed by atoms with Crippen LogP contribution >= 0.6 is 0 Å². The fourth-order valence-electron chi connectivity index (χ4n) is 7.19. The molecule has 0 aromatic heterocycles. The lowest BCUT2D eigenvalue weighted by atomic mass is 9.90. The van der Waals surface area contributed by atoms with Crippen LogP contribution in [0.5, 0.6) is 5.75 Å². The molecule has 2 aliphatic rings. The Bertz CT molecular complexity index is 2010. The normalized spacial score (nSPS) is 24.9. The Labute approximate surface area is 305 Å². The Kier molecular flexibility index (Phi) is 10.6. The predicted molar refractivity (Wildman–Crippen MR) is 194 cm³/mol. The molecule has 11 heteroatoms. The maximum Gasteiger partial charge on any atom is 0.415 e. The van der Waals surface area contributed by atoms with Crippen molar-refractivity contribution in [3.8, 4) is 28.0 Å². The monoisotopic (exact) mass is 721 g/mol. The molecule has 1 unspecified atom stereocenters. The third-order valence-corrected chi connectivity index (χ3v) is 10.1. The number of benzene rings is 5. The summed E-state index contributed by atoms with van der Waals surface area (Å²) < 4.78 is 25.1. The van der Waals surface area contributed by atoms with Crippen molar-refractivity contribution < 1.29 is 49.3 Å². The van der Waals surface area contributed by atoms with E-state index >= 15 is 0 Å². The Hall–Kier alpha value is -5.14. The molecule has 6 N–H and O–H groups in total. The van der Waals surface area contributed by atoms with Gasteiger partial charge in [-0.2, -0.15) is 0 Å². The molecule has 274 valence electrons. The molecule has 0 spiro atoms. The lowest BCUT2D eigenvalue weighted by Gasteiger charge is -2.40. The highest BCUT2D eigenvalue weighted by molar-refractivity contribution is 5.92. The first-order valence-electron chi connectivity index (χ1n) is 17.5. The van der Waals surface area contributed by atoms with Crippen LogP contribution < -0.4 is 4.90 Å². The predicted octanol–water partition coefficient (Wildman–Crippen LogP) is 5.96. The first kappa shape index (κ1) is 36.2. The number of hydrogen-bond donors (Lipinski definition) is 6. The molecule has 5 aromatic carbocycles. The van der Waals surface area contributed by atoms with Crippen LogP contribution in [0.15, 0.2) is 121 Å². The van der Waals surface area contributed by atoms with Gasteiger partial charge in [0.05, 0.1) is 12.7 Å². The van der Waals surface area contributed by atoms with Crippen molar-refractivity contribution in [3.05, 3.63) is 144 Å². The second-order valence-electron chi connectivity index (χ2n) is 13.4. The molecule has 2 heterocycles. The number of phenolic OH excluding ortho intramolecular Hbond substituents is 1. The van der Waals surface area contributed by atoms with Crippen LogP contribution in [-0.2, 0) is 9.47 Å². The second-order valence-corrected chi connectivity index (χ2v) is 13.4. The number of hydrogen-bond acceptors (Lipinski definition) is 9. The molecule has 53 heavy (non-hydrogen) atoms. The van der Waals surface area contributed by atoms with Gasteiger partial charge in [0, 0.05) is 11.3 Å². The van der Waals surface area contributed by atoms with Crippen molar-refractivity contribution >= 4 is 11.8 Å². The third kappa shape index (κ3) is 7.40. The Morgan fingerprint density at radius 2 is 1.34 bits per heavy atom. The number of nitrogens with zero attached hydrogens (tertiary/aromatic N) is 1. The summed E-state index contributed by atoms with van der Waals surface area (Å²) in [5, 5.41) is 63.0. The number of halogens is 1. The minimum absolute atomic E-state index is 0.0844. The molecule has 2 aliphatic heterocycles.